The van der Waals surface area contributed by atoms with E-state index in [1.165, 1.54) is 70.6 Å². The number of phosphoric acid groups is 2. The van der Waals surface area contributed by atoms with Crippen molar-refractivity contribution in [1.29, 1.82) is 0 Å². The van der Waals surface area contributed by atoms with Gasteiger partial charge in [-0.3, -0.25) is 37.3 Å². The Balaban J connectivity index is 5.49. The van der Waals surface area contributed by atoms with Gasteiger partial charge in [0.15, 0.2) is 12.2 Å². The second kappa shape index (κ2) is 74.0. The number of carbonyl (C=O) groups excluding carboxylic acids is 4. The minimum absolute atomic E-state index is 0.0268. The molecule has 3 N–H and O–H groups in total. The van der Waals surface area contributed by atoms with Crippen LogP contribution in [0.4, 0.5) is 0 Å². The zero-order chi connectivity index (χ0) is 74.6. The number of allylic oxidation sites excluding steroid dienone is 25. The van der Waals surface area contributed by atoms with Crippen molar-refractivity contribution in [3.8, 4) is 0 Å². The molecule has 17 nitrogen and oxygen atoms in total. The van der Waals surface area contributed by atoms with Crippen LogP contribution in [0.5, 0.6) is 0 Å². The normalized spacial score (nSPS) is 14.8. The van der Waals surface area contributed by atoms with Crippen molar-refractivity contribution in [2.75, 3.05) is 39.6 Å². The van der Waals surface area contributed by atoms with Gasteiger partial charge in [0.25, 0.3) is 0 Å². The summed E-state index contributed by atoms with van der Waals surface area (Å²) in [4.78, 5) is 72.8. The van der Waals surface area contributed by atoms with Crippen LogP contribution < -0.4 is 0 Å². The Morgan fingerprint density at radius 3 is 0.931 bits per heavy atom. The molecule has 0 bridgehead atoms. The molecule has 0 heterocycles. The van der Waals surface area contributed by atoms with E-state index in [-0.39, 0.29) is 25.7 Å². The van der Waals surface area contributed by atoms with Crippen molar-refractivity contribution in [2.45, 2.75) is 303 Å². The molecule has 102 heavy (non-hydrogen) atoms. The first-order chi connectivity index (χ1) is 49.7. The number of rotatable bonds is 71. The lowest BCUT2D eigenvalue weighted by atomic mass is 10.0. The van der Waals surface area contributed by atoms with Crippen LogP contribution in [0.25, 0.3) is 0 Å². The van der Waals surface area contributed by atoms with Gasteiger partial charge in [-0.15, -0.1) is 0 Å². The summed E-state index contributed by atoms with van der Waals surface area (Å²) < 4.78 is 68.3. The topological polar surface area (TPSA) is 237 Å². The molecule has 5 atom stereocenters. The average Bonchev–Trinajstić information content (AvgIpc) is 0.924. The van der Waals surface area contributed by atoms with E-state index in [0.717, 1.165) is 128 Å². The molecular formula is C83H136O17P2. The van der Waals surface area contributed by atoms with Gasteiger partial charge in [0.2, 0.25) is 0 Å². The fourth-order valence-corrected chi connectivity index (χ4v) is 11.3. The number of ether oxygens (including phenoxy) is 4. The van der Waals surface area contributed by atoms with Crippen LogP contribution in [0, 0.1) is 0 Å². The lowest BCUT2D eigenvalue weighted by Crippen LogP contribution is -2.30. The van der Waals surface area contributed by atoms with Gasteiger partial charge in [-0.2, -0.15) is 0 Å². The summed E-state index contributed by atoms with van der Waals surface area (Å²) in [6.45, 7) is 4.39. The highest BCUT2D eigenvalue weighted by Gasteiger charge is 2.30. The molecule has 0 aliphatic carbocycles. The Morgan fingerprint density at radius 1 is 0.294 bits per heavy atom. The van der Waals surface area contributed by atoms with Crippen molar-refractivity contribution in [2.24, 2.45) is 0 Å². The van der Waals surface area contributed by atoms with Crippen LogP contribution in [0.1, 0.15) is 285 Å². The fourth-order valence-electron chi connectivity index (χ4n) is 9.70. The maximum absolute atomic E-state index is 13.1. The third kappa shape index (κ3) is 73.0. The Kier molecular flexibility index (Phi) is 70.1. The SMILES string of the molecule is CC/C=C\C/C=C\C/C=C\C/C=C\C/C=C\C/C=C\CCC(=O)OCC(COP(=O)(O)OCC(O)COP(=O)(O)OCC(COC(=O)C/C=C\C/C=C\C/C=C\C/C=C\C/C=C\CC)OC(=O)CCCCCCCCCCCCCCC)OC(=O)CCCCCCC/C=C\C/C=C\CCCCC. The molecule has 0 aliphatic rings. The largest absolute Gasteiger partial charge is 0.472 e. The molecule has 0 aliphatic heterocycles. The summed E-state index contributed by atoms with van der Waals surface area (Å²) in [5, 5.41) is 10.6. The number of aliphatic hydroxyl groups excluding tert-OH is 1. The van der Waals surface area contributed by atoms with Crippen LogP contribution in [-0.4, -0.2) is 96.7 Å². The average molecular weight is 1470 g/mol. The summed E-state index contributed by atoms with van der Waals surface area (Å²) in [5.41, 5.74) is 0. The van der Waals surface area contributed by atoms with E-state index in [1.54, 1.807) is 6.08 Å². The first-order valence-corrected chi connectivity index (χ1v) is 41.7. The summed E-state index contributed by atoms with van der Waals surface area (Å²) in [6.07, 6.45) is 85.6. The van der Waals surface area contributed by atoms with Crippen LogP contribution in [0.2, 0.25) is 0 Å². The monoisotopic (exact) mass is 1470 g/mol. The van der Waals surface area contributed by atoms with Crippen LogP contribution in [-0.2, 0) is 65.4 Å². The van der Waals surface area contributed by atoms with E-state index < -0.39 is 97.5 Å². The van der Waals surface area contributed by atoms with E-state index in [0.29, 0.717) is 32.1 Å². The van der Waals surface area contributed by atoms with Gasteiger partial charge in [0, 0.05) is 19.3 Å². The summed E-state index contributed by atoms with van der Waals surface area (Å²) in [5.74, 6) is -2.44. The zero-order valence-corrected chi connectivity index (χ0v) is 65.0. The Morgan fingerprint density at radius 2 is 0.569 bits per heavy atom. The zero-order valence-electron chi connectivity index (χ0n) is 63.2. The predicted molar refractivity (Wildman–Crippen MR) is 417 cm³/mol. The molecule has 0 aromatic carbocycles. The van der Waals surface area contributed by atoms with Gasteiger partial charge in [-0.25, -0.2) is 9.13 Å². The summed E-state index contributed by atoms with van der Waals surface area (Å²) >= 11 is 0. The summed E-state index contributed by atoms with van der Waals surface area (Å²) in [6, 6.07) is 0. The third-order valence-electron chi connectivity index (χ3n) is 15.5. The van der Waals surface area contributed by atoms with Gasteiger partial charge in [-0.05, 0) is 122 Å². The van der Waals surface area contributed by atoms with E-state index >= 15 is 0 Å². The number of unbranched alkanes of at least 4 members (excludes halogenated alkanes) is 20. The smallest absolute Gasteiger partial charge is 0.462 e. The minimum atomic E-state index is -5.01. The highest BCUT2D eigenvalue weighted by Crippen LogP contribution is 2.45. The molecule has 580 valence electrons. The molecule has 19 heteroatoms. The number of hydrogen-bond donors (Lipinski definition) is 3. The van der Waals surface area contributed by atoms with Gasteiger partial charge in [0.1, 0.15) is 19.3 Å². The van der Waals surface area contributed by atoms with E-state index in [2.05, 4.69) is 143 Å². The Labute approximate surface area is 617 Å². The molecule has 0 rings (SSSR count). The number of esters is 4. The number of carbonyl (C=O) groups is 4. The lowest BCUT2D eigenvalue weighted by Gasteiger charge is -2.21. The van der Waals surface area contributed by atoms with Crippen molar-refractivity contribution in [3.63, 3.8) is 0 Å². The van der Waals surface area contributed by atoms with Gasteiger partial charge in [0.05, 0.1) is 32.8 Å². The molecular weight excluding hydrogens is 1330 g/mol. The van der Waals surface area contributed by atoms with E-state index in [1.807, 2.05) is 36.5 Å². The van der Waals surface area contributed by atoms with Gasteiger partial charge >= 0.3 is 39.5 Å². The highest BCUT2D eigenvalue weighted by atomic mass is 31.2. The maximum Gasteiger partial charge on any atom is 0.472 e. The second-order valence-corrected chi connectivity index (χ2v) is 28.1. The molecule has 0 aromatic heterocycles. The Hall–Kier alpha value is -5.32. The molecule has 0 amide bonds. The van der Waals surface area contributed by atoms with E-state index in [4.69, 9.17) is 37.0 Å². The second-order valence-electron chi connectivity index (χ2n) is 25.2. The first kappa shape index (κ1) is 96.7. The van der Waals surface area contributed by atoms with Gasteiger partial charge in [-0.1, -0.05) is 295 Å². The highest BCUT2D eigenvalue weighted by molar-refractivity contribution is 7.47. The lowest BCUT2D eigenvalue weighted by molar-refractivity contribution is -0.161. The van der Waals surface area contributed by atoms with Crippen LogP contribution in [0.3, 0.4) is 0 Å². The number of hydrogen-bond acceptors (Lipinski definition) is 15. The number of phosphoric ester groups is 2. The molecule has 0 saturated carbocycles. The van der Waals surface area contributed by atoms with Crippen LogP contribution in [0.15, 0.2) is 158 Å². The third-order valence-corrected chi connectivity index (χ3v) is 17.4. The molecule has 0 spiro atoms. The van der Waals surface area contributed by atoms with Crippen molar-refractivity contribution >= 4 is 39.5 Å². The molecule has 5 unspecified atom stereocenters. The van der Waals surface area contributed by atoms with Crippen molar-refractivity contribution in [3.05, 3.63) is 158 Å². The number of aliphatic hydroxyl groups is 1. The van der Waals surface area contributed by atoms with Crippen LogP contribution >= 0.6 is 15.6 Å². The molecule has 0 fully saturated rings. The fraction of sp³-hybridized carbons (Fsp3) is 0.639. The molecule has 0 radical (unpaired) electrons. The predicted octanol–water partition coefficient (Wildman–Crippen LogP) is 22.4. The minimum Gasteiger partial charge on any atom is -0.462 e. The van der Waals surface area contributed by atoms with Gasteiger partial charge < -0.3 is 33.8 Å². The Bertz CT molecular complexity index is 2550. The molecule has 0 aromatic rings. The summed E-state index contributed by atoms with van der Waals surface area (Å²) in [7, 11) is -10.0. The maximum atomic E-state index is 13.1. The standard InChI is InChI=1S/C83H136O17P2/c1-5-9-13-17-21-25-29-33-36-37-38-39-42-45-48-52-56-60-64-68-81(86)94-74-79(100-83(88)70-66-62-58-54-50-46-41-35-31-27-23-19-15-11-7-3)76-98-102(91,92)96-72-77(84)71-95-101(89,90)97-75-78(99-82(87)69-65-61-57-53-49-43-32-28-24-20-16-12-8-4)73-93-80(85)67-63-59-55-51-47-44-40-34-30-26-22-18-14-10-6-2/h9-10,13-14,21-23,25-27,33-36,38-41,45,47-48,51,56,59-60,63,77-79,84H,5-8,11-12,15-20,24,28-32,37,42-44,46,49-50,52-55,57-58,61-62,64-76H2,1-4H3,(H,89,90)(H,91,92)/b13-9-,14-10-,25-21-,26-22-,27-23-,36-33-,39-38-,40-34-,41-35-,48-45-,51-47-,60-56-,63-59-. The van der Waals surface area contributed by atoms with Crippen molar-refractivity contribution < 1.29 is 80.2 Å². The quantitative estimate of drug-likeness (QED) is 0.0169. The first-order valence-electron chi connectivity index (χ1n) is 38.7. The van der Waals surface area contributed by atoms with Crippen molar-refractivity contribution in [1.82, 2.24) is 0 Å². The molecule has 0 saturated heterocycles. The van der Waals surface area contributed by atoms with E-state index in [9.17, 15) is 43.2 Å².